The van der Waals surface area contributed by atoms with Crippen molar-refractivity contribution < 1.29 is 13.2 Å². The highest BCUT2D eigenvalue weighted by molar-refractivity contribution is 7.89. The molecule has 0 radical (unpaired) electrons. The number of rotatable bonds is 8. The van der Waals surface area contributed by atoms with E-state index < -0.39 is 10.0 Å². The SMILES string of the molecule is CCCn1c(CCC(=O)NCc2cc3c([nH]c2=O)CCC3)nc2cc(S(N)(=O)=O)ccc21. The third kappa shape index (κ3) is 4.61. The van der Waals surface area contributed by atoms with Gasteiger partial charge in [-0.25, -0.2) is 18.5 Å². The van der Waals surface area contributed by atoms with Crippen LogP contribution in [0.4, 0.5) is 0 Å². The fourth-order valence-corrected chi connectivity index (χ4v) is 4.74. The first-order chi connectivity index (χ1) is 15.3. The van der Waals surface area contributed by atoms with Gasteiger partial charge in [0.2, 0.25) is 15.9 Å². The Kier molecular flexibility index (Phi) is 6.16. The molecule has 0 atom stereocenters. The van der Waals surface area contributed by atoms with Crippen LogP contribution in [0.15, 0.2) is 34.0 Å². The summed E-state index contributed by atoms with van der Waals surface area (Å²) in [6.45, 7) is 2.92. The Morgan fingerprint density at radius 1 is 1.28 bits per heavy atom. The predicted octanol–water partition coefficient (Wildman–Crippen LogP) is 1.52. The van der Waals surface area contributed by atoms with Crippen LogP contribution in [0.3, 0.4) is 0 Å². The predicted molar refractivity (Wildman–Crippen MR) is 121 cm³/mol. The molecule has 4 rings (SSSR count). The maximum atomic E-state index is 12.4. The lowest BCUT2D eigenvalue weighted by Crippen LogP contribution is -2.27. The van der Waals surface area contributed by atoms with E-state index in [9.17, 15) is 18.0 Å². The second kappa shape index (κ2) is 8.87. The van der Waals surface area contributed by atoms with Crippen LogP contribution in [0.25, 0.3) is 11.0 Å². The van der Waals surface area contributed by atoms with Crippen molar-refractivity contribution in [3.05, 3.63) is 57.3 Å². The largest absolute Gasteiger partial charge is 0.352 e. The topological polar surface area (TPSA) is 140 Å². The molecule has 1 aromatic carbocycles. The van der Waals surface area contributed by atoms with E-state index in [0.717, 1.165) is 42.5 Å². The molecule has 32 heavy (non-hydrogen) atoms. The molecule has 3 aromatic rings. The van der Waals surface area contributed by atoms with Gasteiger partial charge in [0.15, 0.2) is 0 Å². The van der Waals surface area contributed by atoms with Crippen molar-refractivity contribution in [2.75, 3.05) is 0 Å². The van der Waals surface area contributed by atoms with Crippen LogP contribution in [0.2, 0.25) is 0 Å². The Bertz CT molecular complexity index is 1340. The summed E-state index contributed by atoms with van der Waals surface area (Å²) in [6, 6.07) is 6.52. The smallest absolute Gasteiger partial charge is 0.253 e. The highest BCUT2D eigenvalue weighted by atomic mass is 32.2. The van der Waals surface area contributed by atoms with E-state index in [0.29, 0.717) is 29.9 Å². The van der Waals surface area contributed by atoms with Gasteiger partial charge < -0.3 is 14.9 Å². The van der Waals surface area contributed by atoms with Crippen LogP contribution < -0.4 is 16.0 Å². The molecule has 9 nitrogen and oxygen atoms in total. The normalized spacial score (nSPS) is 13.4. The van der Waals surface area contributed by atoms with Gasteiger partial charge >= 0.3 is 0 Å². The summed E-state index contributed by atoms with van der Waals surface area (Å²) in [5, 5.41) is 8.06. The third-order valence-corrected chi connectivity index (χ3v) is 6.70. The molecule has 1 amide bonds. The lowest BCUT2D eigenvalue weighted by Gasteiger charge is -2.09. The number of aryl methyl sites for hydroxylation is 4. The van der Waals surface area contributed by atoms with Gasteiger partial charge in [-0.3, -0.25) is 9.59 Å². The van der Waals surface area contributed by atoms with Gasteiger partial charge in [0.1, 0.15) is 5.82 Å². The van der Waals surface area contributed by atoms with Crippen LogP contribution in [0.5, 0.6) is 0 Å². The molecule has 2 aromatic heterocycles. The number of nitrogens with zero attached hydrogens (tertiary/aromatic N) is 2. The lowest BCUT2D eigenvalue weighted by atomic mass is 10.1. The molecule has 0 fully saturated rings. The van der Waals surface area contributed by atoms with Crippen molar-refractivity contribution in [1.29, 1.82) is 0 Å². The lowest BCUT2D eigenvalue weighted by molar-refractivity contribution is -0.121. The van der Waals surface area contributed by atoms with E-state index in [2.05, 4.69) is 15.3 Å². The number of fused-ring (bicyclic) bond motifs is 2. The second-order valence-electron chi connectivity index (χ2n) is 8.13. The first-order valence-corrected chi connectivity index (χ1v) is 12.3. The maximum absolute atomic E-state index is 12.4. The van der Waals surface area contributed by atoms with E-state index >= 15 is 0 Å². The molecule has 0 spiro atoms. The van der Waals surface area contributed by atoms with Crippen molar-refractivity contribution in [3.63, 3.8) is 0 Å². The average Bonchev–Trinajstić information content (AvgIpc) is 3.33. The minimum Gasteiger partial charge on any atom is -0.352 e. The zero-order valence-corrected chi connectivity index (χ0v) is 18.8. The first kappa shape index (κ1) is 22.2. The van der Waals surface area contributed by atoms with Crippen LogP contribution in [0.1, 0.15) is 48.8 Å². The molecule has 4 N–H and O–H groups in total. The molecule has 1 aliphatic rings. The number of nitrogens with two attached hydrogens (primary N) is 1. The first-order valence-electron chi connectivity index (χ1n) is 10.8. The standard InChI is InChI=1S/C22H27N5O4S/c1-2-10-27-19-7-6-16(32(23,30)31)12-18(19)25-20(27)8-9-21(28)24-13-15-11-14-4-3-5-17(14)26-22(15)29/h6-7,11-12H,2-5,8-10,13H2,1H3,(H,24,28)(H,26,29)(H2,23,30,31). The number of sulfonamides is 1. The van der Waals surface area contributed by atoms with Crippen LogP contribution in [-0.2, 0) is 47.2 Å². The van der Waals surface area contributed by atoms with E-state index in [1.165, 1.54) is 12.1 Å². The molecular formula is C22H27N5O4S. The number of hydrogen-bond donors (Lipinski definition) is 3. The van der Waals surface area contributed by atoms with E-state index in [1.54, 1.807) is 6.07 Å². The van der Waals surface area contributed by atoms with Crippen LogP contribution >= 0.6 is 0 Å². The van der Waals surface area contributed by atoms with E-state index in [1.807, 2.05) is 17.6 Å². The third-order valence-electron chi connectivity index (χ3n) is 5.79. The van der Waals surface area contributed by atoms with Gasteiger partial charge in [-0.05, 0) is 55.5 Å². The average molecular weight is 458 g/mol. The zero-order valence-electron chi connectivity index (χ0n) is 18.0. The summed E-state index contributed by atoms with van der Waals surface area (Å²) < 4.78 is 25.3. The molecule has 0 bridgehead atoms. The van der Waals surface area contributed by atoms with Gasteiger partial charge in [0, 0.05) is 37.2 Å². The number of nitrogens with one attached hydrogen (secondary N) is 2. The molecule has 0 saturated heterocycles. The quantitative estimate of drug-likeness (QED) is 0.470. The number of amides is 1. The van der Waals surface area contributed by atoms with Crippen molar-refractivity contribution in [1.82, 2.24) is 19.9 Å². The fourth-order valence-electron chi connectivity index (χ4n) is 4.20. The number of aromatic nitrogens is 3. The number of primary sulfonamides is 1. The van der Waals surface area contributed by atoms with Gasteiger partial charge in [0.05, 0.1) is 15.9 Å². The summed E-state index contributed by atoms with van der Waals surface area (Å²) in [4.78, 5) is 32.1. The number of H-pyrrole nitrogens is 1. The number of benzene rings is 1. The highest BCUT2D eigenvalue weighted by Crippen LogP contribution is 2.22. The van der Waals surface area contributed by atoms with Gasteiger partial charge in [-0.15, -0.1) is 0 Å². The Labute approximate surface area is 186 Å². The molecule has 10 heteroatoms. The Balaban J connectivity index is 1.45. The van der Waals surface area contributed by atoms with E-state index in [-0.39, 0.29) is 29.3 Å². The molecule has 0 saturated carbocycles. The second-order valence-corrected chi connectivity index (χ2v) is 9.69. The van der Waals surface area contributed by atoms with E-state index in [4.69, 9.17) is 5.14 Å². The summed E-state index contributed by atoms with van der Waals surface area (Å²) in [7, 11) is -3.82. The monoisotopic (exact) mass is 457 g/mol. The number of hydrogen-bond acceptors (Lipinski definition) is 5. The van der Waals surface area contributed by atoms with Crippen molar-refractivity contribution in [2.45, 2.75) is 63.4 Å². The molecule has 0 aliphatic heterocycles. The summed E-state index contributed by atoms with van der Waals surface area (Å²) in [5.74, 6) is 0.532. The fraction of sp³-hybridized carbons (Fsp3) is 0.409. The number of imidazole rings is 1. The highest BCUT2D eigenvalue weighted by Gasteiger charge is 2.17. The number of aromatic amines is 1. The zero-order chi connectivity index (χ0) is 22.9. The number of carbonyl (C=O) groups excluding carboxylic acids is 1. The minimum absolute atomic E-state index is 0.00927. The van der Waals surface area contributed by atoms with Crippen LogP contribution in [0, 0.1) is 0 Å². The Morgan fingerprint density at radius 3 is 2.84 bits per heavy atom. The Morgan fingerprint density at radius 2 is 2.09 bits per heavy atom. The summed E-state index contributed by atoms with van der Waals surface area (Å²) in [5.41, 5.74) is 3.91. The minimum atomic E-state index is -3.82. The Hall–Kier alpha value is -2.98. The van der Waals surface area contributed by atoms with Crippen LogP contribution in [-0.4, -0.2) is 28.9 Å². The maximum Gasteiger partial charge on any atom is 0.253 e. The number of pyridine rings is 1. The van der Waals surface area contributed by atoms with Crippen molar-refractivity contribution in [2.24, 2.45) is 5.14 Å². The molecule has 1 aliphatic carbocycles. The van der Waals surface area contributed by atoms with Crippen molar-refractivity contribution >= 4 is 27.0 Å². The van der Waals surface area contributed by atoms with Gasteiger partial charge in [-0.2, -0.15) is 0 Å². The number of carbonyl (C=O) groups is 1. The summed E-state index contributed by atoms with van der Waals surface area (Å²) >= 11 is 0. The summed E-state index contributed by atoms with van der Waals surface area (Å²) in [6.07, 6.45) is 4.35. The van der Waals surface area contributed by atoms with Crippen molar-refractivity contribution in [3.8, 4) is 0 Å². The molecule has 2 heterocycles. The van der Waals surface area contributed by atoms with Gasteiger partial charge in [0.25, 0.3) is 5.56 Å². The molecular weight excluding hydrogens is 430 g/mol. The molecule has 170 valence electrons. The van der Waals surface area contributed by atoms with Gasteiger partial charge in [-0.1, -0.05) is 6.92 Å². The molecule has 0 unspecified atom stereocenters.